The van der Waals surface area contributed by atoms with Crippen molar-refractivity contribution in [2.75, 3.05) is 5.75 Å². The van der Waals surface area contributed by atoms with Crippen LogP contribution in [0.1, 0.15) is 24.8 Å². The summed E-state index contributed by atoms with van der Waals surface area (Å²) in [4.78, 5) is 11.2. The quantitative estimate of drug-likeness (QED) is 0.807. The summed E-state index contributed by atoms with van der Waals surface area (Å²) in [5.41, 5.74) is 1.11. The number of hydrogen-bond acceptors (Lipinski definition) is 2. The van der Waals surface area contributed by atoms with Crippen molar-refractivity contribution in [1.29, 1.82) is 0 Å². The van der Waals surface area contributed by atoms with E-state index in [9.17, 15) is 9.90 Å². The molecule has 0 radical (unpaired) electrons. The SMILES string of the molecule is O=C(O)C(Cc1ccccc1)SCCC1CC1. The maximum absolute atomic E-state index is 11.2. The molecule has 92 valence electrons. The van der Waals surface area contributed by atoms with Crippen LogP contribution >= 0.6 is 11.8 Å². The largest absolute Gasteiger partial charge is 0.480 e. The van der Waals surface area contributed by atoms with Gasteiger partial charge in [0.05, 0.1) is 0 Å². The van der Waals surface area contributed by atoms with Crippen LogP contribution in [0.25, 0.3) is 0 Å². The molecule has 0 heterocycles. The van der Waals surface area contributed by atoms with Gasteiger partial charge in [0.25, 0.3) is 0 Å². The van der Waals surface area contributed by atoms with Crippen molar-refractivity contribution in [3.8, 4) is 0 Å². The van der Waals surface area contributed by atoms with E-state index in [-0.39, 0.29) is 5.25 Å². The average Bonchev–Trinajstić information content (AvgIpc) is 3.13. The topological polar surface area (TPSA) is 37.3 Å². The Bertz CT molecular complexity index is 360. The van der Waals surface area contributed by atoms with E-state index < -0.39 is 5.97 Å². The van der Waals surface area contributed by atoms with E-state index in [0.29, 0.717) is 6.42 Å². The molecule has 0 aliphatic heterocycles. The minimum absolute atomic E-state index is 0.295. The van der Waals surface area contributed by atoms with Gasteiger partial charge in [0.1, 0.15) is 5.25 Å². The van der Waals surface area contributed by atoms with Crippen LogP contribution in [0.4, 0.5) is 0 Å². The highest BCUT2D eigenvalue weighted by Crippen LogP contribution is 2.34. The number of carboxylic acid groups (broad SMARTS) is 1. The zero-order chi connectivity index (χ0) is 12.1. The predicted octanol–water partition coefficient (Wildman–Crippen LogP) is 3.22. The fourth-order valence-corrected chi connectivity index (χ4v) is 3.04. The second-order valence-corrected chi connectivity index (χ2v) is 5.93. The summed E-state index contributed by atoms with van der Waals surface area (Å²) in [6, 6.07) is 9.88. The van der Waals surface area contributed by atoms with Gasteiger partial charge in [-0.1, -0.05) is 43.2 Å². The fraction of sp³-hybridized carbons (Fsp3) is 0.500. The van der Waals surface area contributed by atoms with Crippen molar-refractivity contribution in [1.82, 2.24) is 0 Å². The lowest BCUT2D eigenvalue weighted by atomic mass is 10.1. The normalized spacial score (nSPS) is 16.7. The molecule has 1 saturated carbocycles. The summed E-state index contributed by atoms with van der Waals surface area (Å²) in [6.45, 7) is 0. The van der Waals surface area contributed by atoms with Gasteiger partial charge in [-0.15, -0.1) is 11.8 Å². The molecule has 2 nitrogen and oxygen atoms in total. The second kappa shape index (κ2) is 6.10. The second-order valence-electron chi connectivity index (χ2n) is 4.62. The zero-order valence-electron chi connectivity index (χ0n) is 9.84. The minimum atomic E-state index is -0.686. The van der Waals surface area contributed by atoms with Crippen molar-refractivity contribution in [2.24, 2.45) is 5.92 Å². The van der Waals surface area contributed by atoms with Gasteiger partial charge >= 0.3 is 5.97 Å². The van der Waals surface area contributed by atoms with Crippen LogP contribution in [0.3, 0.4) is 0 Å². The molecule has 17 heavy (non-hydrogen) atoms. The molecule has 1 fully saturated rings. The summed E-state index contributed by atoms with van der Waals surface area (Å²) in [5, 5.41) is 8.90. The molecule has 1 aliphatic carbocycles. The van der Waals surface area contributed by atoms with E-state index in [1.54, 1.807) is 11.8 Å². The van der Waals surface area contributed by atoms with E-state index in [2.05, 4.69) is 0 Å². The van der Waals surface area contributed by atoms with Gasteiger partial charge in [0.15, 0.2) is 0 Å². The van der Waals surface area contributed by atoms with Crippen molar-refractivity contribution >= 4 is 17.7 Å². The minimum Gasteiger partial charge on any atom is -0.480 e. The summed E-state index contributed by atoms with van der Waals surface area (Å²) in [6.07, 6.45) is 4.50. The average molecular weight is 250 g/mol. The molecule has 0 bridgehead atoms. The van der Waals surface area contributed by atoms with Gasteiger partial charge in [-0.2, -0.15) is 0 Å². The Morgan fingerprint density at radius 3 is 2.65 bits per heavy atom. The molecule has 1 aromatic carbocycles. The maximum Gasteiger partial charge on any atom is 0.316 e. The van der Waals surface area contributed by atoms with Crippen LogP contribution in [0.2, 0.25) is 0 Å². The molecule has 3 heteroatoms. The number of hydrogen-bond donors (Lipinski definition) is 1. The molecule has 2 rings (SSSR count). The number of carbonyl (C=O) groups is 1. The fourth-order valence-electron chi connectivity index (χ4n) is 1.83. The van der Waals surface area contributed by atoms with E-state index in [1.165, 1.54) is 19.3 Å². The van der Waals surface area contributed by atoms with E-state index in [4.69, 9.17) is 0 Å². The number of rotatable bonds is 7. The Labute approximate surface area is 106 Å². The van der Waals surface area contributed by atoms with Gasteiger partial charge in [-0.25, -0.2) is 0 Å². The smallest absolute Gasteiger partial charge is 0.316 e. The number of benzene rings is 1. The molecule has 1 N–H and O–H groups in total. The summed E-state index contributed by atoms with van der Waals surface area (Å²) in [5.74, 6) is 1.18. The summed E-state index contributed by atoms with van der Waals surface area (Å²) in [7, 11) is 0. The zero-order valence-corrected chi connectivity index (χ0v) is 10.7. The first-order chi connectivity index (χ1) is 8.25. The molecule has 1 unspecified atom stereocenters. The predicted molar refractivity (Wildman–Crippen MR) is 71.4 cm³/mol. The highest BCUT2D eigenvalue weighted by Gasteiger charge is 2.23. The van der Waals surface area contributed by atoms with Gasteiger partial charge in [-0.05, 0) is 30.1 Å². The van der Waals surface area contributed by atoms with Crippen LogP contribution in [0, 0.1) is 5.92 Å². The van der Waals surface area contributed by atoms with Gasteiger partial charge in [0.2, 0.25) is 0 Å². The van der Waals surface area contributed by atoms with E-state index in [1.807, 2.05) is 30.3 Å². The van der Waals surface area contributed by atoms with Crippen LogP contribution < -0.4 is 0 Å². The molecule has 0 aromatic heterocycles. The molecule has 0 saturated heterocycles. The van der Waals surface area contributed by atoms with Gasteiger partial charge in [0, 0.05) is 0 Å². The first-order valence-corrected chi connectivity index (χ1v) is 7.19. The Morgan fingerprint density at radius 1 is 1.35 bits per heavy atom. The lowest BCUT2D eigenvalue weighted by molar-refractivity contribution is -0.136. The van der Waals surface area contributed by atoms with Crippen molar-refractivity contribution in [3.63, 3.8) is 0 Å². The molecule has 0 spiro atoms. The third-order valence-corrected chi connectivity index (χ3v) is 4.32. The van der Waals surface area contributed by atoms with Gasteiger partial charge < -0.3 is 5.11 Å². The summed E-state index contributed by atoms with van der Waals surface area (Å²) >= 11 is 1.59. The van der Waals surface area contributed by atoms with Crippen LogP contribution in [-0.2, 0) is 11.2 Å². The highest BCUT2D eigenvalue weighted by molar-refractivity contribution is 8.00. The number of aliphatic carboxylic acids is 1. The number of carboxylic acids is 1. The maximum atomic E-state index is 11.2. The Morgan fingerprint density at radius 2 is 2.06 bits per heavy atom. The Hall–Kier alpha value is -0.960. The molecule has 0 amide bonds. The lowest BCUT2D eigenvalue weighted by Gasteiger charge is -2.11. The molecule has 1 aromatic rings. The van der Waals surface area contributed by atoms with Gasteiger partial charge in [-0.3, -0.25) is 4.79 Å². The van der Waals surface area contributed by atoms with Crippen LogP contribution in [-0.4, -0.2) is 22.1 Å². The van der Waals surface area contributed by atoms with Crippen molar-refractivity contribution < 1.29 is 9.90 Å². The molecule has 1 atom stereocenters. The highest BCUT2D eigenvalue weighted by atomic mass is 32.2. The number of thioether (sulfide) groups is 1. The first-order valence-electron chi connectivity index (χ1n) is 6.14. The third-order valence-electron chi connectivity index (χ3n) is 3.08. The van der Waals surface area contributed by atoms with Crippen molar-refractivity contribution in [2.45, 2.75) is 30.9 Å². The lowest BCUT2D eigenvalue weighted by Crippen LogP contribution is -2.19. The van der Waals surface area contributed by atoms with E-state index in [0.717, 1.165) is 17.2 Å². The Kier molecular flexibility index (Phi) is 4.49. The van der Waals surface area contributed by atoms with Crippen molar-refractivity contribution in [3.05, 3.63) is 35.9 Å². The van der Waals surface area contributed by atoms with Crippen LogP contribution in [0.15, 0.2) is 30.3 Å². The van der Waals surface area contributed by atoms with Crippen LogP contribution in [0.5, 0.6) is 0 Å². The standard InChI is InChI=1S/C14H18O2S/c15-14(16)13(17-9-8-11-6-7-11)10-12-4-2-1-3-5-12/h1-5,11,13H,6-10H2,(H,15,16). The molecular formula is C14H18O2S. The third kappa shape index (κ3) is 4.43. The molecular weight excluding hydrogens is 232 g/mol. The first kappa shape index (κ1) is 12.5. The monoisotopic (exact) mass is 250 g/mol. The Balaban J connectivity index is 1.81. The molecule has 1 aliphatic rings. The van der Waals surface area contributed by atoms with E-state index >= 15 is 0 Å². The summed E-state index contributed by atoms with van der Waals surface area (Å²) < 4.78 is 0.